The maximum Gasteiger partial charge on any atom is 0.308 e. The van der Waals surface area contributed by atoms with Gasteiger partial charge in [-0.25, -0.2) is 12.8 Å². The molecule has 4 rings (SSSR count). The molecule has 0 N–H and O–H groups in total. The summed E-state index contributed by atoms with van der Waals surface area (Å²) in [6.07, 6.45) is 0.229. The molecule has 8 heteroatoms. The second-order valence-electron chi connectivity index (χ2n) is 8.19. The number of carbonyl (C=O) groups is 2. The van der Waals surface area contributed by atoms with Crippen LogP contribution in [0.2, 0.25) is 0 Å². The second-order valence-corrected chi connectivity index (χ2v) is 10.1. The third-order valence-corrected chi connectivity index (χ3v) is 7.80. The third kappa shape index (κ3) is 5.08. The van der Waals surface area contributed by atoms with Crippen molar-refractivity contribution in [3.05, 3.63) is 101 Å². The first-order chi connectivity index (χ1) is 16.3. The Morgan fingerprint density at radius 2 is 1.68 bits per heavy atom. The van der Waals surface area contributed by atoms with Crippen molar-refractivity contribution in [2.24, 2.45) is 0 Å². The lowest BCUT2D eigenvalue weighted by Crippen LogP contribution is -2.41. The van der Waals surface area contributed by atoms with E-state index in [0.29, 0.717) is 17.5 Å². The molecule has 0 fully saturated rings. The minimum atomic E-state index is -4.00. The molecular weight excluding hydrogens is 457 g/mol. The molecule has 0 aromatic heterocycles. The number of rotatable bonds is 7. The van der Waals surface area contributed by atoms with Crippen molar-refractivity contribution < 1.29 is 27.1 Å². The number of ether oxygens (including phenoxy) is 1. The molecule has 1 aliphatic heterocycles. The standard InChI is InChI=1S/C26H24FNO5S/c1-18-6-8-20(9-7-18)25(29)17-33-26(30)16-24-23-5-3-2-4-19(23)14-15-28(24)34(31,32)22-12-10-21(27)11-13-22/h2-13,24H,14-17H2,1H3. The number of nitrogens with zero attached hydrogens (tertiary/aromatic N) is 1. The van der Waals surface area contributed by atoms with Crippen molar-refractivity contribution >= 4 is 21.8 Å². The number of carbonyl (C=O) groups excluding carboxylic acids is 2. The monoisotopic (exact) mass is 481 g/mol. The van der Waals surface area contributed by atoms with Crippen LogP contribution in [0.3, 0.4) is 0 Å². The highest BCUT2D eigenvalue weighted by Crippen LogP contribution is 2.36. The summed E-state index contributed by atoms with van der Waals surface area (Å²) >= 11 is 0. The van der Waals surface area contributed by atoms with Crippen LogP contribution >= 0.6 is 0 Å². The Kier molecular flexibility index (Phi) is 6.90. The second kappa shape index (κ2) is 9.87. The first kappa shape index (κ1) is 23.8. The van der Waals surface area contributed by atoms with Crippen LogP contribution in [0, 0.1) is 12.7 Å². The number of aryl methyl sites for hydroxylation is 1. The average Bonchev–Trinajstić information content (AvgIpc) is 2.83. The Morgan fingerprint density at radius 1 is 1.00 bits per heavy atom. The predicted octanol–water partition coefficient (Wildman–Crippen LogP) is 4.24. The van der Waals surface area contributed by atoms with E-state index in [9.17, 15) is 22.4 Å². The summed E-state index contributed by atoms with van der Waals surface area (Å²) in [5, 5.41) is 0. The highest BCUT2D eigenvalue weighted by molar-refractivity contribution is 7.89. The van der Waals surface area contributed by atoms with E-state index >= 15 is 0 Å². The van der Waals surface area contributed by atoms with Crippen LogP contribution in [0.5, 0.6) is 0 Å². The SMILES string of the molecule is Cc1ccc(C(=O)COC(=O)CC2c3ccccc3CCN2S(=O)(=O)c2ccc(F)cc2)cc1. The number of ketones is 1. The van der Waals surface area contributed by atoms with E-state index in [2.05, 4.69) is 0 Å². The maximum absolute atomic E-state index is 13.4. The lowest BCUT2D eigenvalue weighted by molar-refractivity contribution is -0.143. The first-order valence-corrected chi connectivity index (χ1v) is 12.3. The molecule has 6 nitrogen and oxygen atoms in total. The van der Waals surface area contributed by atoms with Gasteiger partial charge in [0.2, 0.25) is 10.0 Å². The van der Waals surface area contributed by atoms with E-state index in [1.54, 1.807) is 36.4 Å². The van der Waals surface area contributed by atoms with E-state index in [1.807, 2.05) is 19.1 Å². The van der Waals surface area contributed by atoms with Crippen LogP contribution in [-0.2, 0) is 26.0 Å². The van der Waals surface area contributed by atoms with Gasteiger partial charge in [0.1, 0.15) is 5.82 Å². The molecule has 0 aliphatic carbocycles. The summed E-state index contributed by atoms with van der Waals surface area (Å²) in [7, 11) is -4.00. The quantitative estimate of drug-likeness (QED) is 0.373. The highest BCUT2D eigenvalue weighted by atomic mass is 32.2. The number of esters is 1. The Hall–Kier alpha value is -3.36. The third-order valence-electron chi connectivity index (χ3n) is 5.88. The largest absolute Gasteiger partial charge is 0.457 e. The Morgan fingerprint density at radius 3 is 2.38 bits per heavy atom. The van der Waals surface area contributed by atoms with Crippen LogP contribution in [0.25, 0.3) is 0 Å². The number of sulfonamides is 1. The van der Waals surface area contributed by atoms with Gasteiger partial charge in [0.25, 0.3) is 0 Å². The van der Waals surface area contributed by atoms with Gasteiger partial charge < -0.3 is 4.74 Å². The molecule has 1 unspecified atom stereocenters. The highest BCUT2D eigenvalue weighted by Gasteiger charge is 2.37. The van der Waals surface area contributed by atoms with Crippen molar-refractivity contribution in [2.45, 2.75) is 30.7 Å². The Bertz CT molecular complexity index is 1300. The first-order valence-electron chi connectivity index (χ1n) is 10.9. The van der Waals surface area contributed by atoms with Gasteiger partial charge in [-0.2, -0.15) is 4.31 Å². The molecule has 0 radical (unpaired) electrons. The van der Waals surface area contributed by atoms with Crippen molar-refractivity contribution in [3.8, 4) is 0 Å². The van der Waals surface area contributed by atoms with Gasteiger partial charge in [0.15, 0.2) is 12.4 Å². The van der Waals surface area contributed by atoms with Crippen LogP contribution in [0.4, 0.5) is 4.39 Å². The minimum absolute atomic E-state index is 0.0544. The van der Waals surface area contributed by atoms with Gasteiger partial charge in [-0.3, -0.25) is 9.59 Å². The molecule has 1 heterocycles. The summed E-state index contributed by atoms with van der Waals surface area (Å²) in [5.41, 5.74) is 3.09. The molecule has 176 valence electrons. The fraction of sp³-hybridized carbons (Fsp3) is 0.231. The summed E-state index contributed by atoms with van der Waals surface area (Å²) in [4.78, 5) is 25.0. The van der Waals surface area contributed by atoms with E-state index in [-0.39, 0.29) is 23.6 Å². The van der Waals surface area contributed by atoms with Crippen LogP contribution in [0.15, 0.2) is 77.7 Å². The fourth-order valence-electron chi connectivity index (χ4n) is 4.06. The normalized spacial score (nSPS) is 16.0. The number of Topliss-reactive ketones (excluding diaryl/α,β-unsaturated/α-hetero) is 1. The Balaban J connectivity index is 1.54. The van der Waals surface area contributed by atoms with Crippen LogP contribution in [-0.4, -0.2) is 37.6 Å². The zero-order chi connectivity index (χ0) is 24.3. The zero-order valence-corrected chi connectivity index (χ0v) is 19.4. The van der Waals surface area contributed by atoms with Gasteiger partial charge in [-0.05, 0) is 48.7 Å². The summed E-state index contributed by atoms with van der Waals surface area (Å²) in [6, 6.07) is 18.1. The molecule has 1 aliphatic rings. The molecule has 0 saturated carbocycles. The lowest BCUT2D eigenvalue weighted by Gasteiger charge is -2.36. The van der Waals surface area contributed by atoms with E-state index in [1.165, 1.54) is 16.4 Å². The van der Waals surface area contributed by atoms with Gasteiger partial charge in [0.05, 0.1) is 17.4 Å². The maximum atomic E-state index is 13.4. The van der Waals surface area contributed by atoms with E-state index in [0.717, 1.165) is 23.3 Å². The van der Waals surface area contributed by atoms with Gasteiger partial charge in [-0.15, -0.1) is 0 Å². The molecule has 34 heavy (non-hydrogen) atoms. The average molecular weight is 482 g/mol. The number of hydrogen-bond acceptors (Lipinski definition) is 5. The van der Waals surface area contributed by atoms with Gasteiger partial charge in [0, 0.05) is 12.1 Å². The van der Waals surface area contributed by atoms with Crippen molar-refractivity contribution in [1.82, 2.24) is 4.31 Å². The van der Waals surface area contributed by atoms with Gasteiger partial charge in [-0.1, -0.05) is 54.1 Å². The summed E-state index contributed by atoms with van der Waals surface area (Å²) in [5.74, 6) is -1.56. The Labute approximate surface area is 198 Å². The van der Waals surface area contributed by atoms with Crippen molar-refractivity contribution in [3.63, 3.8) is 0 Å². The molecule has 3 aromatic rings. The molecule has 0 amide bonds. The number of halogens is 1. The predicted molar refractivity (Wildman–Crippen MR) is 124 cm³/mol. The summed E-state index contributed by atoms with van der Waals surface area (Å²) in [6.45, 7) is 1.64. The van der Waals surface area contributed by atoms with E-state index < -0.39 is 34.5 Å². The zero-order valence-electron chi connectivity index (χ0n) is 18.6. The minimum Gasteiger partial charge on any atom is -0.457 e. The molecule has 0 saturated heterocycles. The lowest BCUT2D eigenvalue weighted by atomic mass is 9.92. The fourth-order valence-corrected chi connectivity index (χ4v) is 5.66. The topological polar surface area (TPSA) is 80.8 Å². The molecule has 0 spiro atoms. The van der Waals surface area contributed by atoms with Crippen LogP contribution < -0.4 is 0 Å². The molecule has 3 aromatic carbocycles. The number of fused-ring (bicyclic) bond motifs is 1. The smallest absolute Gasteiger partial charge is 0.308 e. The van der Waals surface area contributed by atoms with Crippen LogP contribution in [0.1, 0.15) is 39.5 Å². The number of hydrogen-bond donors (Lipinski definition) is 0. The summed E-state index contributed by atoms with van der Waals surface area (Å²) < 4.78 is 46.6. The van der Waals surface area contributed by atoms with Crippen molar-refractivity contribution in [2.75, 3.05) is 13.2 Å². The van der Waals surface area contributed by atoms with Gasteiger partial charge >= 0.3 is 5.97 Å². The van der Waals surface area contributed by atoms with Crippen molar-refractivity contribution in [1.29, 1.82) is 0 Å². The molecule has 1 atom stereocenters. The number of benzene rings is 3. The molecular formula is C26H24FNO5S. The van der Waals surface area contributed by atoms with E-state index in [4.69, 9.17) is 4.74 Å². The molecule has 0 bridgehead atoms.